The summed E-state index contributed by atoms with van der Waals surface area (Å²) >= 11 is 0. The normalized spacial score (nSPS) is 12.6. The molecule has 1 unspecified atom stereocenters. The molecule has 1 N–H and O–H groups in total. The van der Waals surface area contributed by atoms with Gasteiger partial charge in [0.05, 0.1) is 0 Å². The van der Waals surface area contributed by atoms with Crippen molar-refractivity contribution in [2.24, 2.45) is 0 Å². The van der Waals surface area contributed by atoms with Crippen molar-refractivity contribution in [2.45, 2.75) is 26.3 Å². The Hall–Kier alpha value is -1.74. The molecule has 18 heavy (non-hydrogen) atoms. The third kappa shape index (κ3) is 2.74. The number of fused-ring (bicyclic) bond motifs is 1. The van der Waals surface area contributed by atoms with Crippen LogP contribution in [0.5, 0.6) is 0 Å². The van der Waals surface area contributed by atoms with Gasteiger partial charge in [-0.25, -0.2) is 0 Å². The van der Waals surface area contributed by atoms with Crippen LogP contribution in [0.2, 0.25) is 0 Å². The Morgan fingerprint density at radius 3 is 3.00 bits per heavy atom. The number of pyridine rings is 1. The minimum Gasteiger partial charge on any atom is -0.314 e. The Labute approximate surface area is 107 Å². The van der Waals surface area contributed by atoms with Crippen molar-refractivity contribution >= 4 is 16.6 Å². The molecule has 1 atom stereocenters. The number of nitrogens with zero attached hydrogens (tertiary/aromatic N) is 1. The Morgan fingerprint density at radius 2 is 2.22 bits per heavy atom. The summed E-state index contributed by atoms with van der Waals surface area (Å²) in [7, 11) is 0. The Kier molecular flexibility index (Phi) is 4.05. The maximum absolute atomic E-state index is 12.3. The van der Waals surface area contributed by atoms with Gasteiger partial charge in [0.2, 0.25) is 0 Å². The van der Waals surface area contributed by atoms with E-state index in [1.165, 1.54) is 0 Å². The number of Topliss-reactive ketones (excluding diaryl/α,β-unsaturated/α-hetero) is 1. The van der Waals surface area contributed by atoms with Gasteiger partial charge in [-0.1, -0.05) is 25.1 Å². The van der Waals surface area contributed by atoms with Gasteiger partial charge in [-0.2, -0.15) is 0 Å². The number of nitrogens with one attached hydrogen (secondary N) is 1. The van der Waals surface area contributed by atoms with Crippen LogP contribution in [0.3, 0.4) is 0 Å². The molecule has 0 radical (unpaired) electrons. The smallest absolute Gasteiger partial charge is 0.165 e. The van der Waals surface area contributed by atoms with E-state index < -0.39 is 0 Å². The quantitative estimate of drug-likeness (QED) is 0.820. The van der Waals surface area contributed by atoms with Crippen molar-refractivity contribution in [2.75, 3.05) is 6.54 Å². The first-order valence-corrected chi connectivity index (χ1v) is 6.31. The maximum atomic E-state index is 12.3. The van der Waals surface area contributed by atoms with E-state index >= 15 is 0 Å². The largest absolute Gasteiger partial charge is 0.314 e. The van der Waals surface area contributed by atoms with Gasteiger partial charge in [-0.05, 0) is 24.9 Å². The van der Waals surface area contributed by atoms with Crippen molar-refractivity contribution in [1.82, 2.24) is 10.3 Å². The van der Waals surface area contributed by atoms with Crippen LogP contribution < -0.4 is 5.32 Å². The summed E-state index contributed by atoms with van der Waals surface area (Å²) in [6.07, 6.45) is 4.03. The van der Waals surface area contributed by atoms with Gasteiger partial charge in [-0.3, -0.25) is 9.78 Å². The summed E-state index contributed by atoms with van der Waals surface area (Å²) < 4.78 is 0. The average molecular weight is 242 g/mol. The highest BCUT2D eigenvalue weighted by Gasteiger charge is 2.13. The first kappa shape index (κ1) is 12.7. The molecule has 0 saturated heterocycles. The molecular weight excluding hydrogens is 224 g/mol. The molecule has 0 fully saturated rings. The highest BCUT2D eigenvalue weighted by molar-refractivity contribution is 6.08. The number of aromatic nitrogens is 1. The molecule has 0 spiro atoms. The fourth-order valence-corrected chi connectivity index (χ4v) is 2.17. The van der Waals surface area contributed by atoms with Gasteiger partial charge >= 0.3 is 0 Å². The maximum Gasteiger partial charge on any atom is 0.165 e. The van der Waals surface area contributed by atoms with Crippen molar-refractivity contribution in [1.29, 1.82) is 0 Å². The highest BCUT2D eigenvalue weighted by atomic mass is 16.1. The van der Waals surface area contributed by atoms with Crippen molar-refractivity contribution < 1.29 is 4.79 Å². The van der Waals surface area contributed by atoms with Crippen LogP contribution in [-0.4, -0.2) is 23.4 Å². The molecule has 0 saturated carbocycles. The summed E-state index contributed by atoms with van der Waals surface area (Å²) in [6.45, 7) is 4.96. The van der Waals surface area contributed by atoms with E-state index in [-0.39, 0.29) is 11.8 Å². The van der Waals surface area contributed by atoms with Gasteiger partial charge < -0.3 is 5.32 Å². The molecular formula is C15H18N2O. The molecule has 0 aliphatic carbocycles. The first-order valence-electron chi connectivity index (χ1n) is 6.31. The standard InChI is InChI=1S/C15H18N2O/c1-3-17-11(2)9-15(18)13-6-4-5-12-7-8-16-10-14(12)13/h4-8,10-11,17H,3,9H2,1-2H3. The van der Waals surface area contributed by atoms with Crippen LogP contribution in [0.1, 0.15) is 30.6 Å². The van der Waals surface area contributed by atoms with Gasteiger partial charge in [0.15, 0.2) is 5.78 Å². The molecule has 0 bridgehead atoms. The van der Waals surface area contributed by atoms with Crippen molar-refractivity contribution in [3.8, 4) is 0 Å². The van der Waals surface area contributed by atoms with E-state index in [1.54, 1.807) is 12.4 Å². The van der Waals surface area contributed by atoms with E-state index in [2.05, 4.69) is 10.3 Å². The van der Waals surface area contributed by atoms with E-state index in [0.29, 0.717) is 6.42 Å². The Morgan fingerprint density at radius 1 is 1.39 bits per heavy atom. The summed E-state index contributed by atoms with van der Waals surface area (Å²) in [4.78, 5) is 16.4. The van der Waals surface area contributed by atoms with E-state index in [9.17, 15) is 4.79 Å². The van der Waals surface area contributed by atoms with Gasteiger partial charge in [0, 0.05) is 35.8 Å². The third-order valence-corrected chi connectivity index (χ3v) is 3.03. The van der Waals surface area contributed by atoms with E-state index in [0.717, 1.165) is 22.9 Å². The number of ketones is 1. The van der Waals surface area contributed by atoms with Crippen LogP contribution in [0.25, 0.3) is 10.8 Å². The number of benzene rings is 1. The third-order valence-electron chi connectivity index (χ3n) is 3.03. The summed E-state index contributed by atoms with van der Waals surface area (Å²) in [5, 5.41) is 5.26. The van der Waals surface area contributed by atoms with Gasteiger partial charge in [0.1, 0.15) is 0 Å². The summed E-state index contributed by atoms with van der Waals surface area (Å²) in [5.74, 6) is 0.169. The van der Waals surface area contributed by atoms with Gasteiger partial charge in [-0.15, -0.1) is 0 Å². The topological polar surface area (TPSA) is 42.0 Å². The van der Waals surface area contributed by atoms with Crippen LogP contribution in [0.4, 0.5) is 0 Å². The molecule has 3 nitrogen and oxygen atoms in total. The number of carbonyl (C=O) groups is 1. The van der Waals surface area contributed by atoms with Crippen LogP contribution >= 0.6 is 0 Å². The SMILES string of the molecule is CCNC(C)CC(=O)c1cccc2ccncc12. The number of hydrogen-bond acceptors (Lipinski definition) is 3. The second-order valence-corrected chi connectivity index (χ2v) is 4.49. The van der Waals surface area contributed by atoms with E-state index in [4.69, 9.17) is 0 Å². The predicted octanol–water partition coefficient (Wildman–Crippen LogP) is 2.81. The zero-order valence-electron chi connectivity index (χ0n) is 10.8. The lowest BCUT2D eigenvalue weighted by atomic mass is 9.99. The van der Waals surface area contributed by atoms with Crippen LogP contribution in [0, 0.1) is 0 Å². The minimum atomic E-state index is 0.169. The Balaban J connectivity index is 2.28. The predicted molar refractivity (Wildman–Crippen MR) is 73.8 cm³/mol. The number of carbonyl (C=O) groups excluding carboxylic acids is 1. The highest BCUT2D eigenvalue weighted by Crippen LogP contribution is 2.19. The molecule has 1 heterocycles. The zero-order chi connectivity index (χ0) is 13.0. The molecule has 3 heteroatoms. The van der Waals surface area contributed by atoms with Crippen LogP contribution in [0.15, 0.2) is 36.7 Å². The lowest BCUT2D eigenvalue weighted by Gasteiger charge is -2.12. The van der Waals surface area contributed by atoms with E-state index in [1.807, 2.05) is 38.1 Å². The van der Waals surface area contributed by atoms with Crippen molar-refractivity contribution in [3.05, 3.63) is 42.2 Å². The molecule has 0 aliphatic heterocycles. The second kappa shape index (κ2) is 5.74. The molecule has 0 amide bonds. The Bertz CT molecular complexity index is 546. The molecule has 94 valence electrons. The lowest BCUT2D eigenvalue weighted by molar-refractivity contribution is 0.0973. The monoisotopic (exact) mass is 242 g/mol. The number of rotatable bonds is 5. The van der Waals surface area contributed by atoms with Crippen molar-refractivity contribution in [3.63, 3.8) is 0 Å². The summed E-state index contributed by atoms with van der Waals surface area (Å²) in [5.41, 5.74) is 0.769. The molecule has 2 aromatic rings. The number of hydrogen-bond donors (Lipinski definition) is 1. The second-order valence-electron chi connectivity index (χ2n) is 4.49. The molecule has 1 aromatic carbocycles. The fraction of sp³-hybridized carbons (Fsp3) is 0.333. The average Bonchev–Trinajstić information content (AvgIpc) is 2.38. The minimum absolute atomic E-state index is 0.169. The summed E-state index contributed by atoms with van der Waals surface area (Å²) in [6, 6.07) is 7.94. The fourth-order valence-electron chi connectivity index (χ4n) is 2.17. The van der Waals surface area contributed by atoms with Crippen LogP contribution in [-0.2, 0) is 0 Å². The molecule has 1 aromatic heterocycles. The molecule has 0 aliphatic rings. The molecule has 2 rings (SSSR count). The first-order chi connectivity index (χ1) is 8.72. The zero-order valence-corrected chi connectivity index (χ0v) is 10.8. The van der Waals surface area contributed by atoms with Gasteiger partial charge in [0.25, 0.3) is 0 Å². The lowest BCUT2D eigenvalue weighted by Crippen LogP contribution is -2.28.